The minimum atomic E-state index is 0.395. The van der Waals surface area contributed by atoms with Crippen LogP contribution in [0.5, 0.6) is 5.75 Å². The van der Waals surface area contributed by atoms with Crippen molar-refractivity contribution in [1.29, 1.82) is 0 Å². The molecular weight excluding hydrogens is 224 g/mol. The summed E-state index contributed by atoms with van der Waals surface area (Å²) in [4.78, 5) is 0. The van der Waals surface area contributed by atoms with Gasteiger partial charge in [-0.25, -0.2) is 0 Å². The Balaban J connectivity index is 2.26. The number of hydrogen-bond donors (Lipinski definition) is 2. The summed E-state index contributed by atoms with van der Waals surface area (Å²) in [6, 6.07) is 5.27. The molecule has 18 heavy (non-hydrogen) atoms. The maximum Gasteiger partial charge on any atom is 0.124 e. The number of nitrogens with one attached hydrogen (secondary N) is 1. The predicted octanol–water partition coefficient (Wildman–Crippen LogP) is 2.31. The molecule has 3 N–H and O–H groups in total. The Labute approximate surface area is 110 Å². The summed E-state index contributed by atoms with van der Waals surface area (Å²) in [6.07, 6.45) is 2.24. The molecule has 0 radical (unpaired) electrons. The van der Waals surface area contributed by atoms with E-state index in [0.29, 0.717) is 18.0 Å². The minimum absolute atomic E-state index is 0.395. The summed E-state index contributed by atoms with van der Waals surface area (Å²) < 4.78 is 5.42. The molecule has 0 saturated heterocycles. The number of hydrogen-bond acceptors (Lipinski definition) is 3. The zero-order valence-electron chi connectivity index (χ0n) is 11.8. The van der Waals surface area contributed by atoms with Gasteiger partial charge in [0.15, 0.2) is 0 Å². The summed E-state index contributed by atoms with van der Waals surface area (Å²) >= 11 is 0. The SMILES string of the molecule is CNC(c1cc(C)c(OC)c(C)c1)C1CC(N)C1. The summed E-state index contributed by atoms with van der Waals surface area (Å²) in [7, 11) is 3.76. The molecule has 1 aromatic carbocycles. The van der Waals surface area contributed by atoms with E-state index in [4.69, 9.17) is 10.5 Å². The first-order valence-electron chi connectivity index (χ1n) is 6.64. The van der Waals surface area contributed by atoms with Crippen LogP contribution < -0.4 is 15.8 Å². The van der Waals surface area contributed by atoms with Crippen LogP contribution in [0.3, 0.4) is 0 Å². The lowest BCUT2D eigenvalue weighted by Crippen LogP contribution is -2.42. The first-order valence-corrected chi connectivity index (χ1v) is 6.64. The molecule has 1 aromatic rings. The monoisotopic (exact) mass is 248 g/mol. The zero-order valence-corrected chi connectivity index (χ0v) is 11.8. The number of nitrogens with two attached hydrogens (primary N) is 1. The lowest BCUT2D eigenvalue weighted by Gasteiger charge is -2.39. The van der Waals surface area contributed by atoms with Crippen molar-refractivity contribution in [1.82, 2.24) is 5.32 Å². The van der Waals surface area contributed by atoms with Crippen LogP contribution in [0.15, 0.2) is 12.1 Å². The summed E-state index contributed by atoms with van der Waals surface area (Å²) in [5.41, 5.74) is 9.66. The molecule has 1 aliphatic rings. The van der Waals surface area contributed by atoms with Gasteiger partial charge in [0.2, 0.25) is 0 Å². The minimum Gasteiger partial charge on any atom is -0.496 e. The van der Waals surface area contributed by atoms with E-state index in [1.165, 1.54) is 16.7 Å². The Bertz CT molecular complexity index is 401. The topological polar surface area (TPSA) is 47.3 Å². The Morgan fingerprint density at radius 1 is 1.28 bits per heavy atom. The molecule has 1 unspecified atom stereocenters. The van der Waals surface area contributed by atoms with E-state index in [2.05, 4.69) is 31.3 Å². The third kappa shape index (κ3) is 2.38. The van der Waals surface area contributed by atoms with E-state index in [-0.39, 0.29) is 0 Å². The van der Waals surface area contributed by atoms with Gasteiger partial charge in [-0.3, -0.25) is 0 Å². The molecule has 1 atom stereocenters. The molecule has 1 saturated carbocycles. The van der Waals surface area contributed by atoms with Gasteiger partial charge in [0.25, 0.3) is 0 Å². The van der Waals surface area contributed by atoms with E-state index in [1.807, 2.05) is 7.05 Å². The van der Waals surface area contributed by atoms with Gasteiger partial charge in [-0.15, -0.1) is 0 Å². The van der Waals surface area contributed by atoms with Crippen molar-refractivity contribution in [3.05, 3.63) is 28.8 Å². The van der Waals surface area contributed by atoms with E-state index in [0.717, 1.165) is 18.6 Å². The van der Waals surface area contributed by atoms with Gasteiger partial charge in [0, 0.05) is 12.1 Å². The van der Waals surface area contributed by atoms with Crippen LogP contribution in [-0.2, 0) is 0 Å². The second-order valence-electron chi connectivity index (χ2n) is 5.45. The Morgan fingerprint density at radius 2 is 1.83 bits per heavy atom. The number of methoxy groups -OCH3 is 1. The molecule has 100 valence electrons. The van der Waals surface area contributed by atoms with Crippen LogP contribution in [0, 0.1) is 19.8 Å². The van der Waals surface area contributed by atoms with Crippen LogP contribution in [0.2, 0.25) is 0 Å². The van der Waals surface area contributed by atoms with Gasteiger partial charge in [-0.2, -0.15) is 0 Å². The Morgan fingerprint density at radius 3 is 2.22 bits per heavy atom. The van der Waals surface area contributed by atoms with Crippen molar-refractivity contribution in [2.75, 3.05) is 14.2 Å². The van der Waals surface area contributed by atoms with Crippen molar-refractivity contribution >= 4 is 0 Å². The lowest BCUT2D eigenvalue weighted by atomic mass is 9.73. The highest BCUT2D eigenvalue weighted by molar-refractivity contribution is 5.44. The molecule has 3 heteroatoms. The highest BCUT2D eigenvalue weighted by Gasteiger charge is 2.33. The van der Waals surface area contributed by atoms with Gasteiger partial charge < -0.3 is 15.8 Å². The maximum absolute atomic E-state index is 5.90. The Kier molecular flexibility index (Phi) is 3.93. The average molecular weight is 248 g/mol. The number of rotatable bonds is 4. The van der Waals surface area contributed by atoms with Gasteiger partial charge in [-0.05, 0) is 56.3 Å². The highest BCUT2D eigenvalue weighted by Crippen LogP contribution is 2.38. The van der Waals surface area contributed by atoms with Crippen LogP contribution in [0.25, 0.3) is 0 Å². The van der Waals surface area contributed by atoms with Crippen molar-refractivity contribution in [3.63, 3.8) is 0 Å². The van der Waals surface area contributed by atoms with Crippen molar-refractivity contribution in [3.8, 4) is 5.75 Å². The molecule has 0 bridgehead atoms. The van der Waals surface area contributed by atoms with E-state index >= 15 is 0 Å². The van der Waals surface area contributed by atoms with Gasteiger partial charge in [0.05, 0.1) is 7.11 Å². The second-order valence-corrected chi connectivity index (χ2v) is 5.45. The summed E-state index contributed by atoms with van der Waals surface area (Å²) in [5, 5.41) is 3.44. The quantitative estimate of drug-likeness (QED) is 0.859. The van der Waals surface area contributed by atoms with E-state index < -0.39 is 0 Å². The fourth-order valence-electron chi connectivity index (χ4n) is 3.14. The highest BCUT2D eigenvalue weighted by atomic mass is 16.5. The fourth-order valence-corrected chi connectivity index (χ4v) is 3.14. The maximum atomic E-state index is 5.90. The van der Waals surface area contributed by atoms with Crippen molar-refractivity contribution in [2.24, 2.45) is 11.7 Å². The zero-order chi connectivity index (χ0) is 13.3. The third-order valence-electron chi connectivity index (χ3n) is 4.04. The van der Waals surface area contributed by atoms with Crippen LogP contribution in [0.4, 0.5) is 0 Å². The standard InChI is InChI=1S/C15H24N2O/c1-9-5-11(6-10(2)15(9)18-4)14(17-3)12-7-13(16)8-12/h5-6,12-14,17H,7-8,16H2,1-4H3. The molecule has 0 aromatic heterocycles. The summed E-state index contributed by atoms with van der Waals surface area (Å²) in [6.45, 7) is 4.21. The first-order chi connectivity index (χ1) is 8.56. The van der Waals surface area contributed by atoms with Gasteiger partial charge >= 0.3 is 0 Å². The number of ether oxygens (including phenoxy) is 1. The molecule has 1 aliphatic carbocycles. The van der Waals surface area contributed by atoms with Gasteiger partial charge in [0.1, 0.15) is 5.75 Å². The fraction of sp³-hybridized carbons (Fsp3) is 0.600. The summed E-state index contributed by atoms with van der Waals surface area (Å²) in [5.74, 6) is 1.66. The van der Waals surface area contributed by atoms with Crippen LogP contribution >= 0.6 is 0 Å². The number of aryl methyl sites for hydroxylation is 2. The van der Waals surface area contributed by atoms with Gasteiger partial charge in [-0.1, -0.05) is 12.1 Å². The first kappa shape index (κ1) is 13.4. The molecule has 3 nitrogen and oxygen atoms in total. The normalized spacial score (nSPS) is 24.5. The van der Waals surface area contributed by atoms with E-state index in [9.17, 15) is 0 Å². The molecule has 0 spiro atoms. The smallest absolute Gasteiger partial charge is 0.124 e. The molecule has 0 heterocycles. The molecule has 1 fully saturated rings. The van der Waals surface area contributed by atoms with Crippen LogP contribution in [-0.4, -0.2) is 20.2 Å². The average Bonchev–Trinajstić information content (AvgIpc) is 2.27. The third-order valence-corrected chi connectivity index (χ3v) is 4.04. The molecular formula is C15H24N2O. The Hall–Kier alpha value is -1.06. The lowest BCUT2D eigenvalue weighted by molar-refractivity contribution is 0.204. The largest absolute Gasteiger partial charge is 0.496 e. The van der Waals surface area contributed by atoms with Crippen molar-refractivity contribution < 1.29 is 4.74 Å². The van der Waals surface area contributed by atoms with E-state index in [1.54, 1.807) is 7.11 Å². The molecule has 0 aliphatic heterocycles. The molecule has 2 rings (SSSR count). The second kappa shape index (κ2) is 5.29. The predicted molar refractivity (Wildman–Crippen MR) is 75.0 cm³/mol. The van der Waals surface area contributed by atoms with Crippen molar-refractivity contribution in [2.45, 2.75) is 38.8 Å². The van der Waals surface area contributed by atoms with Crippen LogP contribution in [0.1, 0.15) is 35.6 Å². The molecule has 0 amide bonds. The number of benzene rings is 1.